The largest absolute Gasteiger partial charge is 0.478 e. The first-order valence-electron chi connectivity index (χ1n) is 6.41. The van der Waals surface area contributed by atoms with Gasteiger partial charge in [0.15, 0.2) is 0 Å². The fourth-order valence-electron chi connectivity index (χ4n) is 2.43. The zero-order chi connectivity index (χ0) is 14.0. The van der Waals surface area contributed by atoms with Gasteiger partial charge in [-0.2, -0.15) is 0 Å². The quantitative estimate of drug-likeness (QED) is 0.861. The second kappa shape index (κ2) is 5.30. The summed E-state index contributed by atoms with van der Waals surface area (Å²) in [5.41, 5.74) is 1.26. The summed E-state index contributed by atoms with van der Waals surface area (Å²) in [6, 6.07) is 4.94. The van der Waals surface area contributed by atoms with Gasteiger partial charge < -0.3 is 15.3 Å². The smallest absolute Gasteiger partial charge is 0.337 e. The van der Waals surface area contributed by atoms with Crippen LogP contribution < -0.4 is 5.32 Å². The summed E-state index contributed by atoms with van der Waals surface area (Å²) in [6.45, 7) is 4.51. The fourth-order valence-corrected chi connectivity index (χ4v) is 2.43. The predicted octanol–water partition coefficient (Wildman–Crippen LogP) is 2.71. The number of carbonyl (C=O) groups excluding carboxylic acids is 1. The molecule has 2 amide bonds. The van der Waals surface area contributed by atoms with E-state index in [0.717, 1.165) is 24.9 Å². The van der Waals surface area contributed by atoms with E-state index in [1.165, 1.54) is 6.07 Å². The fraction of sp³-hybridized carbons (Fsp3) is 0.429. The minimum Gasteiger partial charge on any atom is -0.478 e. The molecule has 2 N–H and O–H groups in total. The van der Waals surface area contributed by atoms with Crippen molar-refractivity contribution in [2.45, 2.75) is 32.7 Å². The third kappa shape index (κ3) is 2.70. The van der Waals surface area contributed by atoms with Gasteiger partial charge in [0, 0.05) is 12.6 Å². The molecule has 2 rings (SSSR count). The zero-order valence-corrected chi connectivity index (χ0v) is 11.1. The van der Waals surface area contributed by atoms with Gasteiger partial charge in [-0.1, -0.05) is 12.1 Å². The first-order valence-corrected chi connectivity index (χ1v) is 6.41. The number of hydrogen-bond donors (Lipinski definition) is 2. The number of carboxylic acids is 1. The maximum Gasteiger partial charge on any atom is 0.337 e. The van der Waals surface area contributed by atoms with Gasteiger partial charge in [0.25, 0.3) is 0 Å². The Morgan fingerprint density at radius 1 is 1.42 bits per heavy atom. The van der Waals surface area contributed by atoms with Crippen LogP contribution in [0.4, 0.5) is 10.5 Å². The van der Waals surface area contributed by atoms with Crippen LogP contribution in [0.1, 0.15) is 35.7 Å². The molecule has 0 aromatic heterocycles. The number of nitrogens with one attached hydrogen (secondary N) is 1. The lowest BCUT2D eigenvalue weighted by atomic mass is 10.1. The van der Waals surface area contributed by atoms with Crippen molar-refractivity contribution in [2.24, 2.45) is 0 Å². The van der Waals surface area contributed by atoms with E-state index in [1.54, 1.807) is 24.0 Å². The van der Waals surface area contributed by atoms with Gasteiger partial charge in [-0.25, -0.2) is 9.59 Å². The van der Waals surface area contributed by atoms with Crippen molar-refractivity contribution in [3.8, 4) is 0 Å². The number of benzene rings is 1. The van der Waals surface area contributed by atoms with E-state index in [9.17, 15) is 9.59 Å². The molecule has 1 aliphatic heterocycles. The number of nitrogens with zero attached hydrogens (tertiary/aromatic N) is 1. The van der Waals surface area contributed by atoms with Gasteiger partial charge in [-0.15, -0.1) is 0 Å². The number of aryl methyl sites for hydroxylation is 1. The summed E-state index contributed by atoms with van der Waals surface area (Å²) < 4.78 is 0. The van der Waals surface area contributed by atoms with Crippen LogP contribution >= 0.6 is 0 Å². The van der Waals surface area contributed by atoms with Crippen molar-refractivity contribution >= 4 is 17.7 Å². The maximum atomic E-state index is 12.2. The number of urea groups is 1. The number of rotatable bonds is 2. The van der Waals surface area contributed by atoms with Crippen LogP contribution in [0.2, 0.25) is 0 Å². The van der Waals surface area contributed by atoms with E-state index < -0.39 is 5.97 Å². The number of carbonyl (C=O) groups is 2. The molecule has 5 nitrogen and oxygen atoms in total. The van der Waals surface area contributed by atoms with Crippen molar-refractivity contribution in [2.75, 3.05) is 11.9 Å². The highest BCUT2D eigenvalue weighted by atomic mass is 16.4. The number of carboxylic acid groups (broad SMARTS) is 1. The van der Waals surface area contributed by atoms with Crippen molar-refractivity contribution < 1.29 is 14.7 Å². The van der Waals surface area contributed by atoms with Crippen LogP contribution in [0, 0.1) is 6.92 Å². The molecule has 19 heavy (non-hydrogen) atoms. The van der Waals surface area contributed by atoms with E-state index in [2.05, 4.69) is 5.32 Å². The van der Waals surface area contributed by atoms with Crippen LogP contribution in [0.15, 0.2) is 18.2 Å². The van der Waals surface area contributed by atoms with E-state index in [4.69, 9.17) is 5.11 Å². The normalized spacial score (nSPS) is 18.4. The molecule has 102 valence electrons. The molecule has 0 radical (unpaired) electrons. The topological polar surface area (TPSA) is 69.6 Å². The van der Waals surface area contributed by atoms with E-state index in [1.807, 2.05) is 6.92 Å². The molecular formula is C14H18N2O3. The first-order chi connectivity index (χ1) is 9.00. The number of anilines is 1. The Labute approximate surface area is 112 Å². The van der Waals surface area contributed by atoms with Crippen molar-refractivity contribution in [3.05, 3.63) is 29.3 Å². The Morgan fingerprint density at radius 2 is 2.16 bits per heavy atom. The number of hydrogen-bond acceptors (Lipinski definition) is 2. The number of aromatic carboxylic acids is 1. The molecular weight excluding hydrogens is 244 g/mol. The Morgan fingerprint density at radius 3 is 2.74 bits per heavy atom. The van der Waals surface area contributed by atoms with Gasteiger partial charge in [0.1, 0.15) is 0 Å². The molecule has 1 saturated heterocycles. The van der Waals surface area contributed by atoms with Crippen LogP contribution in [-0.2, 0) is 0 Å². The molecule has 0 bridgehead atoms. The molecule has 5 heteroatoms. The lowest BCUT2D eigenvalue weighted by Gasteiger charge is -2.23. The van der Waals surface area contributed by atoms with Crippen molar-refractivity contribution in [1.29, 1.82) is 0 Å². The Kier molecular flexibility index (Phi) is 3.74. The standard InChI is InChI=1S/C14H18N2O3/c1-9-5-3-7-11(13(17)18)12(9)15-14(19)16-8-4-6-10(16)2/h3,5,7,10H,4,6,8H2,1-2H3,(H,15,19)(H,17,18). The SMILES string of the molecule is Cc1cccc(C(=O)O)c1NC(=O)N1CCCC1C. The van der Waals surface area contributed by atoms with Crippen molar-refractivity contribution in [1.82, 2.24) is 4.90 Å². The summed E-state index contributed by atoms with van der Waals surface area (Å²) >= 11 is 0. The molecule has 1 fully saturated rings. The van der Waals surface area contributed by atoms with Gasteiger partial charge >= 0.3 is 12.0 Å². The van der Waals surface area contributed by atoms with Gasteiger partial charge in [0.05, 0.1) is 11.3 Å². The molecule has 1 heterocycles. The summed E-state index contributed by atoms with van der Waals surface area (Å²) in [6.07, 6.45) is 1.99. The van der Waals surface area contributed by atoms with Gasteiger partial charge in [-0.3, -0.25) is 0 Å². The number of para-hydroxylation sites is 1. The van der Waals surface area contributed by atoms with Crippen LogP contribution in [-0.4, -0.2) is 34.6 Å². The summed E-state index contributed by atoms with van der Waals surface area (Å²) in [5, 5.41) is 11.9. The van der Waals surface area contributed by atoms with Crippen LogP contribution in [0.5, 0.6) is 0 Å². The first kappa shape index (κ1) is 13.4. The van der Waals surface area contributed by atoms with Crippen LogP contribution in [0.3, 0.4) is 0 Å². The highest BCUT2D eigenvalue weighted by molar-refractivity contribution is 6.01. The Hall–Kier alpha value is -2.04. The molecule has 1 aromatic rings. The Bertz CT molecular complexity index is 513. The average molecular weight is 262 g/mol. The lowest BCUT2D eigenvalue weighted by Crippen LogP contribution is -2.37. The Balaban J connectivity index is 2.23. The maximum absolute atomic E-state index is 12.2. The molecule has 0 aliphatic carbocycles. The van der Waals surface area contributed by atoms with E-state index in [0.29, 0.717) is 5.69 Å². The molecule has 1 unspecified atom stereocenters. The number of likely N-dealkylation sites (tertiary alicyclic amines) is 1. The highest BCUT2D eigenvalue weighted by Gasteiger charge is 2.26. The van der Waals surface area contributed by atoms with Gasteiger partial charge in [-0.05, 0) is 38.3 Å². The molecule has 1 aromatic carbocycles. The van der Waals surface area contributed by atoms with E-state index in [-0.39, 0.29) is 17.6 Å². The summed E-state index contributed by atoms with van der Waals surface area (Å²) in [7, 11) is 0. The second-order valence-electron chi connectivity index (χ2n) is 4.92. The summed E-state index contributed by atoms with van der Waals surface area (Å²) in [5.74, 6) is -1.03. The van der Waals surface area contributed by atoms with E-state index >= 15 is 0 Å². The molecule has 0 spiro atoms. The second-order valence-corrected chi connectivity index (χ2v) is 4.92. The summed E-state index contributed by atoms with van der Waals surface area (Å²) in [4.78, 5) is 25.1. The van der Waals surface area contributed by atoms with Crippen molar-refractivity contribution in [3.63, 3.8) is 0 Å². The van der Waals surface area contributed by atoms with Gasteiger partial charge in [0.2, 0.25) is 0 Å². The monoisotopic (exact) mass is 262 g/mol. The third-order valence-corrected chi connectivity index (χ3v) is 3.55. The zero-order valence-electron chi connectivity index (χ0n) is 11.1. The highest BCUT2D eigenvalue weighted by Crippen LogP contribution is 2.23. The third-order valence-electron chi connectivity index (χ3n) is 3.55. The average Bonchev–Trinajstić information content (AvgIpc) is 2.77. The predicted molar refractivity (Wildman–Crippen MR) is 72.6 cm³/mol. The minimum absolute atomic E-state index is 0.125. The molecule has 1 aliphatic rings. The molecule has 1 atom stereocenters. The molecule has 0 saturated carbocycles. The lowest BCUT2D eigenvalue weighted by molar-refractivity contribution is 0.0698. The van der Waals surface area contributed by atoms with Crippen LogP contribution in [0.25, 0.3) is 0 Å². The minimum atomic E-state index is -1.03. The number of amides is 2.